The number of aliphatic imine (C=N–C) groups is 1. The summed E-state index contributed by atoms with van der Waals surface area (Å²) in [7, 11) is 0. The molecule has 1 atom stereocenters. The van der Waals surface area contributed by atoms with E-state index in [0.717, 1.165) is 0 Å². The molecule has 5 heteroatoms. The molecule has 0 fully saturated rings. The van der Waals surface area contributed by atoms with Crippen molar-refractivity contribution in [2.24, 2.45) is 4.99 Å². The fourth-order valence-corrected chi connectivity index (χ4v) is 0.716. The molecule has 0 aromatic heterocycles. The van der Waals surface area contributed by atoms with E-state index in [1.807, 2.05) is 22.6 Å². The van der Waals surface area contributed by atoms with Crippen LogP contribution in [-0.4, -0.2) is 15.3 Å². The Morgan fingerprint density at radius 3 is 2.71 bits per heavy atom. The first-order valence-electron chi connectivity index (χ1n) is 1.72. The van der Waals surface area contributed by atoms with Crippen molar-refractivity contribution >= 4 is 26.4 Å². The number of hydrazine groups is 1. The number of halogens is 1. The molecule has 0 saturated carbocycles. The van der Waals surface area contributed by atoms with Crippen molar-refractivity contribution in [2.45, 2.75) is 6.35 Å². The molecule has 0 aromatic carbocycles. The number of amidine groups is 1. The monoisotopic (exact) mass is 213 g/mol. The Morgan fingerprint density at radius 1 is 1.86 bits per heavy atom. The molecule has 7 heavy (non-hydrogen) atoms. The van der Waals surface area contributed by atoms with E-state index in [1.54, 1.807) is 0 Å². The Kier molecular flexibility index (Phi) is 1.45. The van der Waals surface area contributed by atoms with E-state index < -0.39 is 6.35 Å². The standard InChI is InChI=1S/C2H4IN3O/c3-1-4-2(7)6-5-1/h2,6-7H,(H,4,5). The second-order valence-electron chi connectivity index (χ2n) is 1.06. The highest BCUT2D eigenvalue weighted by molar-refractivity contribution is 14.1. The van der Waals surface area contributed by atoms with Crippen LogP contribution in [-0.2, 0) is 0 Å². The van der Waals surface area contributed by atoms with Crippen molar-refractivity contribution in [3.05, 3.63) is 0 Å². The van der Waals surface area contributed by atoms with Gasteiger partial charge in [-0.15, -0.1) is 0 Å². The number of hydrogen-bond donors (Lipinski definition) is 3. The van der Waals surface area contributed by atoms with Crippen LogP contribution in [0.15, 0.2) is 4.99 Å². The lowest BCUT2D eigenvalue weighted by Gasteiger charge is -1.93. The zero-order valence-electron chi connectivity index (χ0n) is 3.35. The molecular formula is C2H4IN3O. The molecule has 0 radical (unpaired) electrons. The van der Waals surface area contributed by atoms with Crippen molar-refractivity contribution in [1.82, 2.24) is 10.9 Å². The lowest BCUT2D eigenvalue weighted by Crippen LogP contribution is -2.32. The van der Waals surface area contributed by atoms with Crippen molar-refractivity contribution in [1.29, 1.82) is 0 Å². The van der Waals surface area contributed by atoms with E-state index in [-0.39, 0.29) is 0 Å². The Hall–Kier alpha value is 0.120. The Balaban J connectivity index is 2.50. The van der Waals surface area contributed by atoms with Crippen LogP contribution in [0.2, 0.25) is 0 Å². The summed E-state index contributed by atoms with van der Waals surface area (Å²) in [5.74, 6) is 0. The summed E-state index contributed by atoms with van der Waals surface area (Å²) in [6, 6.07) is 0. The van der Waals surface area contributed by atoms with Gasteiger partial charge in [0.15, 0.2) is 3.84 Å². The molecule has 0 spiro atoms. The number of aliphatic hydroxyl groups excluding tert-OH is 1. The first kappa shape index (κ1) is 5.26. The van der Waals surface area contributed by atoms with Crippen LogP contribution >= 0.6 is 22.6 Å². The highest BCUT2D eigenvalue weighted by Gasteiger charge is 2.07. The molecule has 3 N–H and O–H groups in total. The SMILES string of the molecule is OC1N=C(I)NN1. The van der Waals surface area contributed by atoms with E-state index in [1.165, 1.54) is 0 Å². The zero-order valence-corrected chi connectivity index (χ0v) is 5.51. The van der Waals surface area contributed by atoms with Crippen molar-refractivity contribution in [3.63, 3.8) is 0 Å². The highest BCUT2D eigenvalue weighted by atomic mass is 127. The fraction of sp³-hybridized carbons (Fsp3) is 0.500. The minimum atomic E-state index is -0.758. The molecule has 1 aliphatic heterocycles. The minimum Gasteiger partial charge on any atom is -0.358 e. The zero-order chi connectivity index (χ0) is 5.28. The topological polar surface area (TPSA) is 56.7 Å². The summed E-state index contributed by atoms with van der Waals surface area (Å²) in [6.45, 7) is 0. The molecule has 4 nitrogen and oxygen atoms in total. The van der Waals surface area contributed by atoms with E-state index >= 15 is 0 Å². The third kappa shape index (κ3) is 1.25. The van der Waals surface area contributed by atoms with Crippen molar-refractivity contribution < 1.29 is 5.11 Å². The van der Waals surface area contributed by atoms with Crippen LogP contribution in [0.3, 0.4) is 0 Å². The van der Waals surface area contributed by atoms with Crippen LogP contribution in [0, 0.1) is 0 Å². The molecule has 1 heterocycles. The number of hydrogen-bond acceptors (Lipinski definition) is 4. The number of aliphatic hydroxyl groups is 1. The number of rotatable bonds is 0. The molecule has 40 valence electrons. The number of nitrogens with zero attached hydrogens (tertiary/aromatic N) is 1. The van der Waals surface area contributed by atoms with Gasteiger partial charge in [0, 0.05) is 22.6 Å². The predicted molar refractivity (Wildman–Crippen MR) is 33.7 cm³/mol. The van der Waals surface area contributed by atoms with Gasteiger partial charge in [-0.25, -0.2) is 4.99 Å². The highest BCUT2D eigenvalue weighted by Crippen LogP contribution is 1.93. The van der Waals surface area contributed by atoms with Gasteiger partial charge in [0.1, 0.15) is 0 Å². The van der Waals surface area contributed by atoms with Crippen LogP contribution in [0.4, 0.5) is 0 Å². The predicted octanol–water partition coefficient (Wildman–Crippen LogP) is -0.839. The maximum atomic E-state index is 8.53. The van der Waals surface area contributed by atoms with Gasteiger partial charge in [0.2, 0.25) is 6.35 Å². The summed E-state index contributed by atoms with van der Waals surface area (Å²) < 4.78 is 0.685. The second-order valence-corrected chi connectivity index (χ2v) is 2.08. The van der Waals surface area contributed by atoms with Gasteiger partial charge in [-0.05, 0) is 0 Å². The average Bonchev–Trinajstić information content (AvgIpc) is 1.87. The number of nitrogens with one attached hydrogen (secondary N) is 2. The fourth-order valence-electron chi connectivity index (χ4n) is 0.296. The van der Waals surface area contributed by atoms with Crippen LogP contribution in [0.1, 0.15) is 0 Å². The largest absolute Gasteiger partial charge is 0.358 e. The molecular weight excluding hydrogens is 209 g/mol. The van der Waals surface area contributed by atoms with Gasteiger partial charge in [-0.1, -0.05) is 0 Å². The van der Waals surface area contributed by atoms with Gasteiger partial charge >= 0.3 is 0 Å². The Bertz CT molecular complexity index is 103. The smallest absolute Gasteiger partial charge is 0.221 e. The van der Waals surface area contributed by atoms with Gasteiger partial charge in [0.05, 0.1) is 0 Å². The maximum Gasteiger partial charge on any atom is 0.221 e. The first-order chi connectivity index (χ1) is 3.29. The van der Waals surface area contributed by atoms with E-state index in [9.17, 15) is 0 Å². The Labute approximate surface area is 54.1 Å². The molecule has 1 unspecified atom stereocenters. The summed E-state index contributed by atoms with van der Waals surface area (Å²) in [6.07, 6.45) is -0.758. The third-order valence-electron chi connectivity index (χ3n) is 0.540. The molecule has 0 saturated heterocycles. The van der Waals surface area contributed by atoms with Gasteiger partial charge in [-0.2, -0.15) is 5.43 Å². The quantitative estimate of drug-likeness (QED) is 0.363. The summed E-state index contributed by atoms with van der Waals surface area (Å²) in [4.78, 5) is 3.63. The van der Waals surface area contributed by atoms with E-state index in [2.05, 4.69) is 15.8 Å². The van der Waals surface area contributed by atoms with E-state index in [4.69, 9.17) is 5.11 Å². The van der Waals surface area contributed by atoms with Crippen molar-refractivity contribution in [2.75, 3.05) is 0 Å². The van der Waals surface area contributed by atoms with Crippen molar-refractivity contribution in [3.8, 4) is 0 Å². The minimum absolute atomic E-state index is 0.685. The third-order valence-corrected chi connectivity index (χ3v) is 1.09. The van der Waals surface area contributed by atoms with E-state index in [0.29, 0.717) is 3.84 Å². The second kappa shape index (κ2) is 1.93. The molecule has 0 bridgehead atoms. The summed E-state index contributed by atoms with van der Waals surface area (Å²) in [5, 5.41) is 8.53. The summed E-state index contributed by atoms with van der Waals surface area (Å²) >= 11 is 1.96. The molecule has 1 aliphatic rings. The van der Waals surface area contributed by atoms with Gasteiger partial charge in [0.25, 0.3) is 0 Å². The van der Waals surface area contributed by atoms with Gasteiger partial charge < -0.3 is 5.11 Å². The van der Waals surface area contributed by atoms with Crippen LogP contribution < -0.4 is 10.9 Å². The normalized spacial score (nSPS) is 29.4. The lowest BCUT2D eigenvalue weighted by atomic mass is 11.1. The van der Waals surface area contributed by atoms with Crippen LogP contribution in [0.5, 0.6) is 0 Å². The Morgan fingerprint density at radius 2 is 2.57 bits per heavy atom. The summed E-state index contributed by atoms with van der Waals surface area (Å²) in [5.41, 5.74) is 5.07. The molecule has 0 amide bonds. The van der Waals surface area contributed by atoms with Crippen LogP contribution in [0.25, 0.3) is 0 Å². The maximum absolute atomic E-state index is 8.53. The van der Waals surface area contributed by atoms with Gasteiger partial charge in [-0.3, -0.25) is 5.43 Å². The average molecular weight is 213 g/mol. The molecule has 0 aliphatic carbocycles. The lowest BCUT2D eigenvalue weighted by molar-refractivity contribution is 0.152. The first-order valence-corrected chi connectivity index (χ1v) is 2.80. The molecule has 1 rings (SSSR count). The molecule has 0 aromatic rings.